The minimum Gasteiger partial charge on any atom is -0.384 e. The van der Waals surface area contributed by atoms with Crippen LogP contribution in [-0.4, -0.2) is 42.9 Å². The van der Waals surface area contributed by atoms with E-state index >= 15 is 0 Å². The van der Waals surface area contributed by atoms with Crippen LogP contribution in [0.5, 0.6) is 0 Å². The number of likely N-dealkylation sites (N-methyl/N-ethyl adjacent to an activating group) is 1. The van der Waals surface area contributed by atoms with Crippen molar-refractivity contribution in [3.8, 4) is 0 Å². The first-order valence-electron chi connectivity index (χ1n) is 5.85. The normalized spacial score (nSPS) is 26.2. The molecule has 4 nitrogen and oxygen atoms in total. The highest BCUT2D eigenvalue weighted by molar-refractivity contribution is 6.46. The maximum absolute atomic E-state index is 12.2. The van der Waals surface area contributed by atoms with Crippen molar-refractivity contribution in [1.29, 1.82) is 0 Å². The van der Waals surface area contributed by atoms with E-state index in [1.54, 1.807) is 19.1 Å². The maximum Gasteiger partial charge on any atom is 0.293 e. The van der Waals surface area contributed by atoms with Gasteiger partial charge in [-0.3, -0.25) is 9.59 Å². The van der Waals surface area contributed by atoms with Gasteiger partial charge in [-0.05, 0) is 5.41 Å². The number of methoxy groups -OCH3 is 1. The average molecular weight is 241 g/mol. The fourth-order valence-electron chi connectivity index (χ4n) is 3.64. The van der Waals surface area contributed by atoms with Gasteiger partial charge in [0.25, 0.3) is 5.91 Å². The highest BCUT2D eigenvalue weighted by atomic mass is 16.5. The number of hydrogen-bond donors (Lipinski definition) is 0. The van der Waals surface area contributed by atoms with Crippen molar-refractivity contribution in [2.75, 3.05) is 20.8 Å². The molecular formula is C13H23NO3. The number of hydrogen-bond acceptors (Lipinski definition) is 3. The number of ketones is 1. The van der Waals surface area contributed by atoms with Crippen LogP contribution >= 0.6 is 0 Å². The Bertz CT molecular complexity index is 354. The Morgan fingerprint density at radius 2 is 1.65 bits per heavy atom. The van der Waals surface area contributed by atoms with Crippen LogP contribution in [0, 0.1) is 10.8 Å². The summed E-state index contributed by atoms with van der Waals surface area (Å²) in [5.74, 6) is -0.696. The summed E-state index contributed by atoms with van der Waals surface area (Å²) in [7, 11) is 3.31. The smallest absolute Gasteiger partial charge is 0.293 e. The van der Waals surface area contributed by atoms with Crippen LogP contribution in [0.1, 0.15) is 34.6 Å². The quantitative estimate of drug-likeness (QED) is 0.555. The van der Waals surface area contributed by atoms with E-state index in [1.165, 1.54) is 0 Å². The second-order valence-corrected chi connectivity index (χ2v) is 6.47. The van der Waals surface area contributed by atoms with Crippen LogP contribution in [0.4, 0.5) is 0 Å². The van der Waals surface area contributed by atoms with Crippen molar-refractivity contribution in [2.45, 2.75) is 40.2 Å². The van der Waals surface area contributed by atoms with Gasteiger partial charge in [0.15, 0.2) is 0 Å². The van der Waals surface area contributed by atoms with Gasteiger partial charge in [-0.15, -0.1) is 0 Å². The van der Waals surface area contributed by atoms with E-state index in [0.717, 1.165) is 0 Å². The summed E-state index contributed by atoms with van der Waals surface area (Å²) in [4.78, 5) is 25.4. The number of nitrogens with zero attached hydrogens (tertiary/aromatic N) is 1. The van der Waals surface area contributed by atoms with Gasteiger partial charge in [0.2, 0.25) is 5.78 Å². The Balaban J connectivity index is 3.33. The molecule has 4 heteroatoms. The van der Waals surface area contributed by atoms with E-state index in [1.807, 2.05) is 34.6 Å². The van der Waals surface area contributed by atoms with Crippen LogP contribution < -0.4 is 0 Å². The first-order valence-corrected chi connectivity index (χ1v) is 5.85. The molecule has 0 aromatic carbocycles. The van der Waals surface area contributed by atoms with E-state index < -0.39 is 16.9 Å². The summed E-state index contributed by atoms with van der Waals surface area (Å²) < 4.78 is 5.23. The molecule has 0 N–H and O–H groups in total. The van der Waals surface area contributed by atoms with Gasteiger partial charge in [-0.2, -0.15) is 0 Å². The second-order valence-electron chi connectivity index (χ2n) is 6.47. The van der Waals surface area contributed by atoms with Crippen molar-refractivity contribution in [2.24, 2.45) is 10.8 Å². The molecule has 0 radical (unpaired) electrons. The summed E-state index contributed by atoms with van der Waals surface area (Å²) >= 11 is 0. The highest BCUT2D eigenvalue weighted by Gasteiger charge is 2.70. The summed E-state index contributed by atoms with van der Waals surface area (Å²) in [5, 5.41) is 0. The lowest BCUT2D eigenvalue weighted by molar-refractivity contribution is -0.195. The number of carbonyl (C=O) groups excluding carboxylic acids is 2. The van der Waals surface area contributed by atoms with Crippen molar-refractivity contribution in [3.05, 3.63) is 0 Å². The number of amides is 1. The topological polar surface area (TPSA) is 46.6 Å². The fourth-order valence-corrected chi connectivity index (χ4v) is 3.64. The van der Waals surface area contributed by atoms with Gasteiger partial charge in [0.05, 0.1) is 6.61 Å². The van der Waals surface area contributed by atoms with E-state index in [0.29, 0.717) is 6.61 Å². The second kappa shape index (κ2) is 3.80. The molecule has 1 heterocycles. The Hall–Kier alpha value is -0.900. The molecule has 1 atom stereocenters. The Morgan fingerprint density at radius 3 is 1.94 bits per heavy atom. The molecule has 0 aromatic heterocycles. The Morgan fingerprint density at radius 1 is 1.18 bits per heavy atom. The van der Waals surface area contributed by atoms with E-state index in [2.05, 4.69) is 0 Å². The molecular weight excluding hydrogens is 218 g/mol. The van der Waals surface area contributed by atoms with E-state index in [4.69, 9.17) is 4.74 Å². The molecule has 0 aliphatic carbocycles. The van der Waals surface area contributed by atoms with Crippen LogP contribution in [0.2, 0.25) is 0 Å². The lowest BCUT2D eigenvalue weighted by Crippen LogP contribution is -2.81. The van der Waals surface area contributed by atoms with Crippen molar-refractivity contribution >= 4 is 11.7 Å². The molecule has 1 rings (SSSR count). The monoisotopic (exact) mass is 241 g/mol. The van der Waals surface area contributed by atoms with Crippen molar-refractivity contribution in [3.63, 3.8) is 0 Å². The van der Waals surface area contributed by atoms with Crippen LogP contribution in [-0.2, 0) is 14.3 Å². The molecule has 1 fully saturated rings. The number of rotatable bonds is 3. The first-order chi connectivity index (χ1) is 7.54. The Kier molecular flexibility index (Phi) is 3.17. The van der Waals surface area contributed by atoms with Gasteiger partial charge < -0.3 is 9.64 Å². The zero-order valence-corrected chi connectivity index (χ0v) is 11.9. The molecule has 0 aromatic rings. The number of carbonyl (C=O) groups is 2. The van der Waals surface area contributed by atoms with Crippen LogP contribution in [0.3, 0.4) is 0 Å². The summed E-state index contributed by atoms with van der Waals surface area (Å²) in [6.07, 6.45) is 0. The maximum atomic E-state index is 12.2. The summed E-state index contributed by atoms with van der Waals surface area (Å²) in [5.41, 5.74) is -1.53. The molecule has 1 saturated heterocycles. The molecule has 98 valence electrons. The molecule has 1 aliphatic rings. The van der Waals surface area contributed by atoms with Crippen LogP contribution in [0.15, 0.2) is 0 Å². The van der Waals surface area contributed by atoms with Gasteiger partial charge in [0, 0.05) is 19.6 Å². The fraction of sp³-hybridized carbons (Fsp3) is 0.846. The van der Waals surface area contributed by atoms with Gasteiger partial charge in [-0.1, -0.05) is 34.6 Å². The molecule has 1 aliphatic heterocycles. The molecule has 1 amide bonds. The third kappa shape index (κ3) is 1.53. The minimum absolute atomic E-state index is 0.297. The van der Waals surface area contributed by atoms with Gasteiger partial charge >= 0.3 is 0 Å². The zero-order valence-electron chi connectivity index (χ0n) is 11.9. The first kappa shape index (κ1) is 14.2. The van der Waals surface area contributed by atoms with Gasteiger partial charge in [-0.25, -0.2) is 0 Å². The van der Waals surface area contributed by atoms with Crippen molar-refractivity contribution in [1.82, 2.24) is 4.90 Å². The van der Waals surface area contributed by atoms with E-state index in [-0.39, 0.29) is 11.2 Å². The molecule has 0 spiro atoms. The molecule has 0 saturated carbocycles. The largest absolute Gasteiger partial charge is 0.384 e. The molecule has 17 heavy (non-hydrogen) atoms. The Labute approximate surface area is 103 Å². The van der Waals surface area contributed by atoms with Gasteiger partial charge in [0.1, 0.15) is 5.54 Å². The number of likely N-dealkylation sites (tertiary alicyclic amines) is 1. The van der Waals surface area contributed by atoms with E-state index in [9.17, 15) is 9.59 Å². The van der Waals surface area contributed by atoms with Crippen LogP contribution in [0.25, 0.3) is 0 Å². The molecule has 0 bridgehead atoms. The minimum atomic E-state index is -0.785. The predicted molar refractivity (Wildman–Crippen MR) is 65.6 cm³/mol. The summed E-state index contributed by atoms with van der Waals surface area (Å²) in [6.45, 7) is 10.4. The molecule has 1 unspecified atom stereocenters. The third-order valence-corrected chi connectivity index (χ3v) is 3.90. The van der Waals surface area contributed by atoms with Crippen molar-refractivity contribution < 1.29 is 14.3 Å². The summed E-state index contributed by atoms with van der Waals surface area (Å²) in [6, 6.07) is 0. The SMILES string of the molecule is COCC(C)(C)C1(C(C)(C)C)C(=O)C(=O)N1C. The lowest BCUT2D eigenvalue weighted by atomic mass is 9.53. The standard InChI is InChI=1S/C13H23NO3/c1-11(2,3)13(12(4,5)8-17-7)9(15)10(16)14(13)6/h8H2,1-7H3. The average Bonchev–Trinajstić information content (AvgIpc) is 2.14. The lowest BCUT2D eigenvalue weighted by Gasteiger charge is -2.62. The zero-order chi connectivity index (χ0) is 13.6. The number of ether oxygens (including phenoxy) is 1. The highest BCUT2D eigenvalue weighted by Crippen LogP contribution is 2.53. The third-order valence-electron chi connectivity index (χ3n) is 3.90. The predicted octanol–water partition coefficient (Wildman–Crippen LogP) is 1.49. The number of β-lactam (4-membered cyclic amide) rings is 1. The number of Topliss-reactive ketones (excluding diaryl/α,β-unsaturated/α-hetero) is 1.